The topological polar surface area (TPSA) is 83.6 Å². The molecule has 1 atom stereocenters. The minimum absolute atomic E-state index is 0.0300. The van der Waals surface area contributed by atoms with E-state index in [2.05, 4.69) is 5.16 Å². The predicted molar refractivity (Wildman–Crippen MR) is 78.7 cm³/mol. The van der Waals surface area contributed by atoms with E-state index in [4.69, 9.17) is 9.63 Å². The van der Waals surface area contributed by atoms with Crippen LogP contribution < -0.4 is 0 Å². The molecule has 0 saturated carbocycles. The molecule has 2 aromatic rings. The van der Waals surface area contributed by atoms with Gasteiger partial charge in [0.05, 0.1) is 6.54 Å². The first-order valence-electron chi connectivity index (χ1n) is 7.14. The lowest BCUT2D eigenvalue weighted by Crippen LogP contribution is -2.38. The molecule has 1 aromatic carbocycles. The summed E-state index contributed by atoms with van der Waals surface area (Å²) in [5, 5.41) is 12.7. The third kappa shape index (κ3) is 2.81. The second-order valence-electron chi connectivity index (χ2n) is 5.69. The molecule has 1 aromatic heterocycles. The summed E-state index contributed by atoms with van der Waals surface area (Å²) in [5.41, 5.74) is -0.00352. The number of halogens is 1. The molecule has 1 aliphatic rings. The molecule has 6 nitrogen and oxygen atoms in total. The van der Waals surface area contributed by atoms with E-state index in [1.54, 1.807) is 0 Å². The number of hydrogen-bond acceptors (Lipinski definition) is 4. The summed E-state index contributed by atoms with van der Waals surface area (Å²) < 4.78 is 19.1. The molecule has 0 spiro atoms. The average molecular weight is 318 g/mol. The van der Waals surface area contributed by atoms with Crippen molar-refractivity contribution in [3.05, 3.63) is 41.7 Å². The third-order valence-electron chi connectivity index (χ3n) is 3.96. The van der Waals surface area contributed by atoms with Gasteiger partial charge in [-0.05, 0) is 6.92 Å². The molecule has 1 fully saturated rings. The zero-order valence-corrected chi connectivity index (χ0v) is 12.5. The maximum absolute atomic E-state index is 14.0. The Bertz CT molecular complexity index is 756. The van der Waals surface area contributed by atoms with Crippen molar-refractivity contribution in [3.8, 4) is 11.3 Å². The van der Waals surface area contributed by atoms with Gasteiger partial charge in [-0.3, -0.25) is 4.79 Å². The Morgan fingerprint density at radius 3 is 2.65 bits per heavy atom. The molecule has 0 radical (unpaired) electrons. The van der Waals surface area contributed by atoms with Crippen molar-refractivity contribution in [1.29, 1.82) is 0 Å². The number of carboxylic acid groups (broad SMARTS) is 1. The standard InChI is InChI=1S/C16H15FN2O4/c1-10-2-4-11(5-3-10)12-8-13(23-18-12)14(20)19-7-6-16(17,9-19)15(21)22/h2-5,8H,6-7,9H2,1H3,(H,21,22). The van der Waals surface area contributed by atoms with Gasteiger partial charge in [-0.25, -0.2) is 9.18 Å². The van der Waals surface area contributed by atoms with Gasteiger partial charge in [-0.15, -0.1) is 0 Å². The minimum atomic E-state index is -2.39. The lowest BCUT2D eigenvalue weighted by atomic mass is 10.1. The molecule has 23 heavy (non-hydrogen) atoms. The lowest BCUT2D eigenvalue weighted by Gasteiger charge is -2.15. The monoisotopic (exact) mass is 318 g/mol. The van der Waals surface area contributed by atoms with Gasteiger partial charge in [0.1, 0.15) is 5.69 Å². The Balaban J connectivity index is 1.77. The van der Waals surface area contributed by atoms with E-state index in [9.17, 15) is 14.0 Å². The number of benzene rings is 1. The van der Waals surface area contributed by atoms with Crippen LogP contribution in [0.5, 0.6) is 0 Å². The van der Waals surface area contributed by atoms with E-state index in [1.165, 1.54) is 6.07 Å². The number of likely N-dealkylation sites (tertiary alicyclic amines) is 1. The Labute approximate surface area is 131 Å². The highest BCUT2D eigenvalue weighted by atomic mass is 19.1. The third-order valence-corrected chi connectivity index (χ3v) is 3.96. The SMILES string of the molecule is Cc1ccc(-c2cc(C(=O)N3CCC(F)(C(=O)O)C3)on2)cc1. The van der Waals surface area contributed by atoms with Crippen LogP contribution in [0, 0.1) is 6.92 Å². The molecule has 1 N–H and O–H groups in total. The molecule has 0 bridgehead atoms. The van der Waals surface area contributed by atoms with E-state index in [-0.39, 0.29) is 18.7 Å². The first kappa shape index (κ1) is 15.2. The number of aliphatic carboxylic acids is 1. The summed E-state index contributed by atoms with van der Waals surface area (Å²) >= 11 is 0. The number of carbonyl (C=O) groups excluding carboxylic acids is 1. The highest BCUT2D eigenvalue weighted by Gasteiger charge is 2.47. The first-order valence-corrected chi connectivity index (χ1v) is 7.14. The predicted octanol–water partition coefficient (Wildman–Crippen LogP) is 2.29. The van der Waals surface area contributed by atoms with Gasteiger partial charge in [-0.1, -0.05) is 35.0 Å². The van der Waals surface area contributed by atoms with Crippen LogP contribution in [0.4, 0.5) is 4.39 Å². The second-order valence-corrected chi connectivity index (χ2v) is 5.69. The van der Waals surface area contributed by atoms with Crippen molar-refractivity contribution in [2.24, 2.45) is 0 Å². The fourth-order valence-corrected chi connectivity index (χ4v) is 2.51. The molecule has 120 valence electrons. The van der Waals surface area contributed by atoms with Gasteiger partial charge in [0, 0.05) is 24.6 Å². The molecule has 3 rings (SSSR count). The summed E-state index contributed by atoms with van der Waals surface area (Å²) in [6.07, 6.45) is -0.229. The summed E-state index contributed by atoms with van der Waals surface area (Å²) in [6, 6.07) is 9.02. The summed E-state index contributed by atoms with van der Waals surface area (Å²) in [7, 11) is 0. The fourth-order valence-electron chi connectivity index (χ4n) is 2.51. The highest BCUT2D eigenvalue weighted by Crippen LogP contribution is 2.28. The van der Waals surface area contributed by atoms with Crippen LogP contribution in [0.25, 0.3) is 11.3 Å². The maximum Gasteiger partial charge on any atom is 0.343 e. The quantitative estimate of drug-likeness (QED) is 0.938. The highest BCUT2D eigenvalue weighted by molar-refractivity contribution is 5.93. The first-order chi connectivity index (χ1) is 10.9. The molecule has 1 amide bonds. The van der Waals surface area contributed by atoms with Crippen LogP contribution in [-0.2, 0) is 4.79 Å². The fraction of sp³-hybridized carbons (Fsp3) is 0.312. The summed E-state index contributed by atoms with van der Waals surface area (Å²) in [6.45, 7) is 1.50. The number of alkyl halides is 1. The minimum Gasteiger partial charge on any atom is -0.479 e. The van der Waals surface area contributed by atoms with Gasteiger partial charge in [0.25, 0.3) is 5.91 Å². The zero-order valence-electron chi connectivity index (χ0n) is 12.5. The molecule has 2 heterocycles. The van der Waals surface area contributed by atoms with Gasteiger partial charge in [0.15, 0.2) is 0 Å². The average Bonchev–Trinajstić information content (AvgIpc) is 3.15. The molecule has 0 aliphatic carbocycles. The Kier molecular flexibility index (Phi) is 3.63. The zero-order chi connectivity index (χ0) is 16.6. The lowest BCUT2D eigenvalue weighted by molar-refractivity contribution is -0.149. The normalized spacial score (nSPS) is 20.7. The smallest absolute Gasteiger partial charge is 0.343 e. The molecular formula is C16H15FN2O4. The number of hydrogen-bond donors (Lipinski definition) is 1. The number of aryl methyl sites for hydroxylation is 1. The van der Waals surface area contributed by atoms with E-state index >= 15 is 0 Å². The van der Waals surface area contributed by atoms with Crippen LogP contribution in [0.2, 0.25) is 0 Å². The van der Waals surface area contributed by atoms with Crippen LogP contribution in [0.1, 0.15) is 22.5 Å². The van der Waals surface area contributed by atoms with Crippen LogP contribution in [-0.4, -0.2) is 45.8 Å². The number of carboxylic acids is 1. The summed E-state index contributed by atoms with van der Waals surface area (Å²) in [5.74, 6) is -2.14. The van der Waals surface area contributed by atoms with Crippen LogP contribution in [0.3, 0.4) is 0 Å². The van der Waals surface area contributed by atoms with Crippen molar-refractivity contribution >= 4 is 11.9 Å². The molecule has 1 aliphatic heterocycles. The van der Waals surface area contributed by atoms with Crippen LogP contribution in [0.15, 0.2) is 34.9 Å². The maximum atomic E-state index is 14.0. The summed E-state index contributed by atoms with van der Waals surface area (Å²) in [4.78, 5) is 24.3. The van der Waals surface area contributed by atoms with Gasteiger partial charge < -0.3 is 14.5 Å². The number of rotatable bonds is 3. The van der Waals surface area contributed by atoms with Crippen molar-refractivity contribution in [2.45, 2.75) is 19.0 Å². The van der Waals surface area contributed by atoms with Crippen LogP contribution >= 0.6 is 0 Å². The van der Waals surface area contributed by atoms with Gasteiger partial charge >= 0.3 is 5.97 Å². The second kappa shape index (κ2) is 5.49. The Morgan fingerprint density at radius 2 is 2.04 bits per heavy atom. The van der Waals surface area contributed by atoms with Crippen molar-refractivity contribution in [2.75, 3.05) is 13.1 Å². The number of amides is 1. The van der Waals surface area contributed by atoms with E-state index in [0.717, 1.165) is 16.0 Å². The van der Waals surface area contributed by atoms with Gasteiger partial charge in [0.2, 0.25) is 11.4 Å². The molecule has 1 unspecified atom stereocenters. The van der Waals surface area contributed by atoms with E-state index in [1.807, 2.05) is 31.2 Å². The van der Waals surface area contributed by atoms with Gasteiger partial charge in [-0.2, -0.15) is 0 Å². The van der Waals surface area contributed by atoms with Crippen molar-refractivity contribution in [3.63, 3.8) is 0 Å². The van der Waals surface area contributed by atoms with Crippen molar-refractivity contribution in [1.82, 2.24) is 10.1 Å². The molecular weight excluding hydrogens is 303 g/mol. The van der Waals surface area contributed by atoms with Crippen molar-refractivity contribution < 1.29 is 23.6 Å². The Morgan fingerprint density at radius 1 is 1.35 bits per heavy atom. The Hall–Kier alpha value is -2.70. The largest absolute Gasteiger partial charge is 0.479 e. The molecule has 1 saturated heterocycles. The number of nitrogens with zero attached hydrogens (tertiary/aromatic N) is 2. The van der Waals surface area contributed by atoms with E-state index < -0.39 is 24.1 Å². The number of aromatic nitrogens is 1. The van der Waals surface area contributed by atoms with E-state index in [0.29, 0.717) is 5.69 Å². The molecule has 7 heteroatoms. The number of carbonyl (C=O) groups is 2.